The van der Waals surface area contributed by atoms with Gasteiger partial charge in [0.05, 0.1) is 18.8 Å². The minimum Gasteiger partial charge on any atom is -0.490 e. The van der Waals surface area contributed by atoms with E-state index >= 15 is 0 Å². The highest BCUT2D eigenvalue weighted by atomic mass is 16.5. The fourth-order valence-corrected chi connectivity index (χ4v) is 3.14. The van der Waals surface area contributed by atoms with Crippen LogP contribution in [0.3, 0.4) is 0 Å². The number of benzene rings is 1. The molecule has 160 valence electrons. The first-order valence-electron chi connectivity index (χ1n) is 10.2. The van der Waals surface area contributed by atoms with E-state index < -0.39 is 24.0 Å². The molecule has 1 saturated carbocycles. The molecule has 0 aliphatic heterocycles. The Morgan fingerprint density at radius 3 is 2.34 bits per heavy atom. The van der Waals surface area contributed by atoms with Crippen molar-refractivity contribution >= 4 is 17.9 Å². The SMILES string of the molecule is CCOc1ccc(C(=O)O[C@@H](C)C(=O)NC(=O)NC2CCCCC2)cc1OCC. The van der Waals surface area contributed by atoms with Crippen LogP contribution in [-0.4, -0.2) is 43.3 Å². The molecule has 0 spiro atoms. The molecular weight excluding hydrogens is 376 g/mol. The lowest BCUT2D eigenvalue weighted by Gasteiger charge is -2.23. The van der Waals surface area contributed by atoms with Crippen molar-refractivity contribution in [3.05, 3.63) is 23.8 Å². The van der Waals surface area contributed by atoms with E-state index in [-0.39, 0.29) is 11.6 Å². The summed E-state index contributed by atoms with van der Waals surface area (Å²) in [5.74, 6) is -0.421. The van der Waals surface area contributed by atoms with Crippen LogP contribution in [0.15, 0.2) is 18.2 Å². The van der Waals surface area contributed by atoms with Crippen molar-refractivity contribution in [3.63, 3.8) is 0 Å². The van der Waals surface area contributed by atoms with Gasteiger partial charge in [-0.3, -0.25) is 10.1 Å². The standard InChI is InChI=1S/C21H30N2O6/c1-4-27-17-12-11-15(13-18(17)28-5-2)20(25)29-14(3)19(24)23-21(26)22-16-9-7-6-8-10-16/h11-14,16H,4-10H2,1-3H3,(H2,22,23,24,26)/t14-/m0/s1. The van der Waals surface area contributed by atoms with Crippen molar-refractivity contribution in [2.24, 2.45) is 0 Å². The second-order valence-electron chi connectivity index (χ2n) is 6.87. The Bertz CT molecular complexity index is 715. The number of hydrogen-bond acceptors (Lipinski definition) is 6. The Morgan fingerprint density at radius 1 is 1.03 bits per heavy atom. The quantitative estimate of drug-likeness (QED) is 0.643. The maximum atomic E-state index is 12.4. The summed E-state index contributed by atoms with van der Waals surface area (Å²) >= 11 is 0. The fourth-order valence-electron chi connectivity index (χ4n) is 3.14. The van der Waals surface area contributed by atoms with Crippen LogP contribution in [0.1, 0.15) is 63.2 Å². The average molecular weight is 406 g/mol. The van der Waals surface area contributed by atoms with Crippen molar-refractivity contribution in [1.82, 2.24) is 10.6 Å². The highest BCUT2D eigenvalue weighted by Gasteiger charge is 2.23. The molecule has 1 aliphatic rings. The summed E-state index contributed by atoms with van der Waals surface area (Å²) < 4.78 is 16.2. The predicted molar refractivity (Wildman–Crippen MR) is 107 cm³/mol. The summed E-state index contributed by atoms with van der Waals surface area (Å²) in [5, 5.41) is 5.02. The molecule has 2 N–H and O–H groups in total. The third-order valence-electron chi connectivity index (χ3n) is 4.61. The Labute approximate surface area is 171 Å². The van der Waals surface area contributed by atoms with Crippen LogP contribution in [-0.2, 0) is 9.53 Å². The molecule has 0 aromatic heterocycles. The highest BCUT2D eigenvalue weighted by molar-refractivity contribution is 5.98. The number of esters is 1. The van der Waals surface area contributed by atoms with Gasteiger partial charge in [-0.25, -0.2) is 9.59 Å². The van der Waals surface area contributed by atoms with Crippen LogP contribution in [0.25, 0.3) is 0 Å². The molecule has 1 fully saturated rings. The number of urea groups is 1. The van der Waals surface area contributed by atoms with Crippen molar-refractivity contribution in [2.45, 2.75) is 65.0 Å². The van der Waals surface area contributed by atoms with Crippen LogP contribution in [0.2, 0.25) is 0 Å². The lowest BCUT2D eigenvalue weighted by Crippen LogP contribution is -2.48. The van der Waals surface area contributed by atoms with Crippen LogP contribution >= 0.6 is 0 Å². The molecule has 8 heteroatoms. The summed E-state index contributed by atoms with van der Waals surface area (Å²) in [5.41, 5.74) is 0.225. The second kappa shape index (κ2) is 11.3. The summed E-state index contributed by atoms with van der Waals surface area (Å²) in [6.07, 6.45) is 4.00. The van der Waals surface area contributed by atoms with Gasteiger partial charge in [-0.1, -0.05) is 19.3 Å². The minimum atomic E-state index is -1.12. The van der Waals surface area contributed by atoms with E-state index in [0.717, 1.165) is 25.7 Å². The van der Waals surface area contributed by atoms with Crippen molar-refractivity contribution in [3.8, 4) is 11.5 Å². The largest absolute Gasteiger partial charge is 0.490 e. The van der Waals surface area contributed by atoms with Crippen LogP contribution in [0.5, 0.6) is 11.5 Å². The maximum Gasteiger partial charge on any atom is 0.339 e. The van der Waals surface area contributed by atoms with E-state index in [2.05, 4.69) is 10.6 Å². The Kier molecular flexibility index (Phi) is 8.76. The lowest BCUT2D eigenvalue weighted by molar-refractivity contribution is -0.127. The molecule has 0 unspecified atom stereocenters. The number of hydrogen-bond donors (Lipinski definition) is 2. The Hall–Kier alpha value is -2.77. The van der Waals surface area contributed by atoms with Crippen molar-refractivity contribution < 1.29 is 28.6 Å². The number of ether oxygens (including phenoxy) is 3. The summed E-state index contributed by atoms with van der Waals surface area (Å²) in [4.78, 5) is 36.5. The third kappa shape index (κ3) is 6.96. The molecule has 2 rings (SSSR count). The van der Waals surface area contributed by atoms with Crippen LogP contribution in [0, 0.1) is 0 Å². The van der Waals surface area contributed by atoms with Gasteiger partial charge in [-0.15, -0.1) is 0 Å². The fraction of sp³-hybridized carbons (Fsp3) is 0.571. The lowest BCUT2D eigenvalue weighted by atomic mass is 9.96. The molecule has 29 heavy (non-hydrogen) atoms. The van der Waals surface area contributed by atoms with Gasteiger partial charge in [0.15, 0.2) is 17.6 Å². The second-order valence-corrected chi connectivity index (χ2v) is 6.87. The van der Waals surface area contributed by atoms with E-state index in [1.54, 1.807) is 6.07 Å². The van der Waals surface area contributed by atoms with Gasteiger partial charge in [0, 0.05) is 6.04 Å². The molecule has 8 nitrogen and oxygen atoms in total. The van der Waals surface area contributed by atoms with Gasteiger partial charge in [0.25, 0.3) is 5.91 Å². The molecule has 1 aromatic rings. The molecule has 1 aliphatic carbocycles. The van der Waals surface area contributed by atoms with E-state index in [1.807, 2.05) is 13.8 Å². The van der Waals surface area contributed by atoms with E-state index in [4.69, 9.17) is 14.2 Å². The maximum absolute atomic E-state index is 12.4. The minimum absolute atomic E-state index is 0.0789. The van der Waals surface area contributed by atoms with E-state index in [1.165, 1.54) is 25.5 Å². The summed E-state index contributed by atoms with van der Waals surface area (Å²) in [6.45, 7) is 5.96. The van der Waals surface area contributed by atoms with Gasteiger partial charge in [0.1, 0.15) is 0 Å². The number of amides is 3. The van der Waals surface area contributed by atoms with Gasteiger partial charge in [0.2, 0.25) is 0 Å². The Morgan fingerprint density at radius 2 is 1.69 bits per heavy atom. The number of rotatable bonds is 8. The normalized spacial score (nSPS) is 15.1. The molecular formula is C21H30N2O6. The smallest absolute Gasteiger partial charge is 0.339 e. The Balaban J connectivity index is 1.90. The first kappa shape index (κ1) is 22.5. The van der Waals surface area contributed by atoms with E-state index in [0.29, 0.717) is 24.7 Å². The van der Waals surface area contributed by atoms with Gasteiger partial charge >= 0.3 is 12.0 Å². The van der Waals surface area contributed by atoms with Crippen LogP contribution < -0.4 is 20.1 Å². The van der Waals surface area contributed by atoms with Gasteiger partial charge in [-0.05, 0) is 51.8 Å². The summed E-state index contributed by atoms with van der Waals surface area (Å²) in [7, 11) is 0. The average Bonchev–Trinajstić information content (AvgIpc) is 2.70. The first-order chi connectivity index (χ1) is 13.9. The predicted octanol–water partition coefficient (Wildman–Crippen LogP) is 3.19. The molecule has 1 atom stereocenters. The molecule has 3 amide bonds. The van der Waals surface area contributed by atoms with Gasteiger partial charge < -0.3 is 19.5 Å². The monoisotopic (exact) mass is 406 g/mol. The molecule has 0 bridgehead atoms. The van der Waals surface area contributed by atoms with Crippen molar-refractivity contribution in [2.75, 3.05) is 13.2 Å². The summed E-state index contributed by atoms with van der Waals surface area (Å²) in [6, 6.07) is 4.18. The zero-order chi connectivity index (χ0) is 21.2. The molecule has 0 heterocycles. The molecule has 1 aromatic carbocycles. The number of carbonyl (C=O) groups excluding carboxylic acids is 3. The van der Waals surface area contributed by atoms with E-state index in [9.17, 15) is 14.4 Å². The first-order valence-corrected chi connectivity index (χ1v) is 10.2. The molecule has 0 saturated heterocycles. The van der Waals surface area contributed by atoms with Crippen molar-refractivity contribution in [1.29, 1.82) is 0 Å². The number of nitrogens with one attached hydrogen (secondary N) is 2. The molecule has 0 radical (unpaired) electrons. The van der Waals surface area contributed by atoms with Gasteiger partial charge in [-0.2, -0.15) is 0 Å². The zero-order valence-corrected chi connectivity index (χ0v) is 17.3. The topological polar surface area (TPSA) is 103 Å². The zero-order valence-electron chi connectivity index (χ0n) is 17.3. The number of carbonyl (C=O) groups is 3. The third-order valence-corrected chi connectivity index (χ3v) is 4.61. The number of imide groups is 1. The highest BCUT2D eigenvalue weighted by Crippen LogP contribution is 2.29. The van der Waals surface area contributed by atoms with Crippen LogP contribution in [0.4, 0.5) is 4.79 Å².